The first-order valence-electron chi connectivity index (χ1n) is 8.00. The lowest BCUT2D eigenvalue weighted by Gasteiger charge is -2.20. The van der Waals surface area contributed by atoms with E-state index in [1.807, 2.05) is 13.8 Å². The van der Waals surface area contributed by atoms with E-state index >= 15 is 0 Å². The molecule has 3 aliphatic rings. The van der Waals surface area contributed by atoms with Crippen molar-refractivity contribution in [3.63, 3.8) is 0 Å². The van der Waals surface area contributed by atoms with Crippen molar-refractivity contribution in [2.75, 3.05) is 26.2 Å². The Morgan fingerprint density at radius 2 is 1.73 bits per heavy atom. The normalized spacial score (nSPS) is 32.5. The van der Waals surface area contributed by atoms with Crippen molar-refractivity contribution >= 4 is 17.9 Å². The van der Waals surface area contributed by atoms with E-state index in [4.69, 9.17) is 9.47 Å². The van der Waals surface area contributed by atoms with E-state index in [-0.39, 0.29) is 49.0 Å². The van der Waals surface area contributed by atoms with Crippen LogP contribution >= 0.6 is 0 Å². The summed E-state index contributed by atoms with van der Waals surface area (Å²) in [4.78, 5) is 39.3. The Morgan fingerprint density at radius 1 is 1.18 bits per heavy atom. The molecule has 0 N–H and O–H groups in total. The van der Waals surface area contributed by atoms with Gasteiger partial charge in [0.25, 0.3) is 0 Å². The van der Waals surface area contributed by atoms with E-state index in [9.17, 15) is 14.4 Å². The zero-order valence-electron chi connectivity index (χ0n) is 13.0. The van der Waals surface area contributed by atoms with Crippen molar-refractivity contribution in [2.24, 2.45) is 11.8 Å². The van der Waals surface area contributed by atoms with E-state index in [1.54, 1.807) is 4.90 Å². The smallest absolute Gasteiger partial charge is 0.409 e. The maximum absolute atomic E-state index is 12.4. The molecule has 2 bridgehead atoms. The molecule has 0 aliphatic carbocycles. The molecule has 3 amide bonds. The Morgan fingerprint density at radius 3 is 2.23 bits per heavy atom. The Labute approximate surface area is 129 Å². The van der Waals surface area contributed by atoms with Crippen LogP contribution in [0, 0.1) is 11.8 Å². The fraction of sp³-hybridized carbons (Fsp3) is 0.800. The summed E-state index contributed by atoms with van der Waals surface area (Å²) in [5, 5.41) is 0. The minimum absolute atomic E-state index is 0.0441. The van der Waals surface area contributed by atoms with Crippen LogP contribution in [0.5, 0.6) is 0 Å². The summed E-state index contributed by atoms with van der Waals surface area (Å²) in [6.07, 6.45) is 1.10. The molecule has 3 aliphatic heterocycles. The molecular formula is C15H22N2O5. The third-order valence-electron chi connectivity index (χ3n) is 4.94. The maximum Gasteiger partial charge on any atom is 0.409 e. The van der Waals surface area contributed by atoms with E-state index in [0.717, 1.165) is 12.8 Å². The molecule has 0 aromatic rings. The molecule has 3 rings (SSSR count). The molecule has 3 fully saturated rings. The summed E-state index contributed by atoms with van der Waals surface area (Å²) in [6.45, 7) is 5.06. The summed E-state index contributed by atoms with van der Waals surface area (Å²) in [5.74, 6) is -0.961. The second-order valence-electron chi connectivity index (χ2n) is 5.96. The van der Waals surface area contributed by atoms with Gasteiger partial charge in [-0.05, 0) is 26.7 Å². The number of hydrogen-bond donors (Lipinski definition) is 0. The topological polar surface area (TPSA) is 76.2 Å². The van der Waals surface area contributed by atoms with Crippen LogP contribution in [-0.2, 0) is 19.1 Å². The fourth-order valence-corrected chi connectivity index (χ4v) is 3.79. The zero-order chi connectivity index (χ0) is 15.9. The summed E-state index contributed by atoms with van der Waals surface area (Å²) >= 11 is 0. The molecule has 7 heteroatoms. The number of amides is 3. The highest BCUT2D eigenvalue weighted by atomic mass is 16.6. The Kier molecular flexibility index (Phi) is 4.08. The van der Waals surface area contributed by atoms with Gasteiger partial charge >= 0.3 is 6.09 Å². The van der Waals surface area contributed by atoms with Crippen LogP contribution in [-0.4, -0.2) is 66.2 Å². The number of nitrogens with zero attached hydrogens (tertiary/aromatic N) is 2. The average molecular weight is 310 g/mol. The predicted molar refractivity (Wildman–Crippen MR) is 75.9 cm³/mol. The zero-order valence-corrected chi connectivity index (χ0v) is 13.0. The van der Waals surface area contributed by atoms with Crippen LogP contribution in [0.25, 0.3) is 0 Å². The second kappa shape index (κ2) is 5.87. The van der Waals surface area contributed by atoms with Crippen molar-refractivity contribution in [3.05, 3.63) is 0 Å². The van der Waals surface area contributed by atoms with Gasteiger partial charge in [0.15, 0.2) is 0 Å². The quantitative estimate of drug-likeness (QED) is 0.696. The number of rotatable bonds is 5. The molecule has 4 unspecified atom stereocenters. The Balaban J connectivity index is 1.55. The lowest BCUT2D eigenvalue weighted by molar-refractivity contribution is -0.143. The van der Waals surface area contributed by atoms with E-state index in [1.165, 1.54) is 4.90 Å². The van der Waals surface area contributed by atoms with Crippen molar-refractivity contribution in [2.45, 2.75) is 38.9 Å². The number of hydrogen-bond acceptors (Lipinski definition) is 5. The summed E-state index contributed by atoms with van der Waals surface area (Å²) < 4.78 is 10.8. The van der Waals surface area contributed by atoms with Crippen LogP contribution in [0.3, 0.4) is 0 Å². The first kappa shape index (κ1) is 15.3. The van der Waals surface area contributed by atoms with Gasteiger partial charge in [0, 0.05) is 13.1 Å². The van der Waals surface area contributed by atoms with E-state index < -0.39 is 6.09 Å². The van der Waals surface area contributed by atoms with Crippen LogP contribution in [0.1, 0.15) is 26.7 Å². The lowest BCUT2D eigenvalue weighted by Crippen LogP contribution is -2.38. The number of fused-ring (bicyclic) bond motifs is 5. The Hall–Kier alpha value is -1.63. The molecule has 122 valence electrons. The SMILES string of the molecule is CCN(CC)C(=O)OCCN1C(=O)C2C3CCC(O3)C2C1=O. The van der Waals surface area contributed by atoms with Gasteiger partial charge < -0.3 is 14.4 Å². The third kappa shape index (κ3) is 2.27. The number of carbonyl (C=O) groups excluding carboxylic acids is 3. The van der Waals surface area contributed by atoms with Crippen LogP contribution in [0.2, 0.25) is 0 Å². The van der Waals surface area contributed by atoms with E-state index in [2.05, 4.69) is 0 Å². The highest BCUT2D eigenvalue weighted by molar-refractivity contribution is 6.06. The monoisotopic (exact) mass is 310 g/mol. The first-order valence-corrected chi connectivity index (χ1v) is 8.00. The van der Waals surface area contributed by atoms with Crippen molar-refractivity contribution in [1.29, 1.82) is 0 Å². The van der Waals surface area contributed by atoms with Crippen molar-refractivity contribution < 1.29 is 23.9 Å². The maximum atomic E-state index is 12.4. The van der Waals surface area contributed by atoms with Gasteiger partial charge in [0.2, 0.25) is 11.8 Å². The molecule has 7 nitrogen and oxygen atoms in total. The molecule has 0 aromatic carbocycles. The molecule has 0 aromatic heterocycles. The summed E-state index contributed by atoms with van der Waals surface area (Å²) in [7, 11) is 0. The number of likely N-dealkylation sites (tertiary alicyclic amines) is 1. The van der Waals surface area contributed by atoms with Crippen LogP contribution in [0.15, 0.2) is 0 Å². The van der Waals surface area contributed by atoms with Crippen molar-refractivity contribution in [1.82, 2.24) is 9.80 Å². The highest BCUT2D eigenvalue weighted by Gasteiger charge is 2.62. The number of carbonyl (C=O) groups is 3. The summed E-state index contributed by atoms with van der Waals surface area (Å²) in [5.41, 5.74) is 0. The third-order valence-corrected chi connectivity index (χ3v) is 4.94. The second-order valence-corrected chi connectivity index (χ2v) is 5.96. The molecular weight excluding hydrogens is 288 g/mol. The van der Waals surface area contributed by atoms with Gasteiger partial charge in [-0.2, -0.15) is 0 Å². The van der Waals surface area contributed by atoms with Gasteiger partial charge in [0.05, 0.1) is 30.6 Å². The number of imide groups is 1. The van der Waals surface area contributed by atoms with Gasteiger partial charge in [-0.15, -0.1) is 0 Å². The van der Waals surface area contributed by atoms with Crippen molar-refractivity contribution in [3.8, 4) is 0 Å². The standard InChI is InChI=1S/C15H22N2O5/c1-3-16(4-2)15(20)21-8-7-17-13(18)11-9-5-6-10(22-9)12(11)14(17)19/h9-12H,3-8H2,1-2H3. The average Bonchev–Trinajstić information content (AvgIpc) is 3.17. The minimum atomic E-state index is -0.410. The Bertz CT molecular complexity index is 462. The van der Waals surface area contributed by atoms with E-state index in [0.29, 0.717) is 13.1 Å². The molecule has 0 radical (unpaired) electrons. The first-order chi connectivity index (χ1) is 10.6. The van der Waals surface area contributed by atoms with Gasteiger partial charge in [-0.1, -0.05) is 0 Å². The molecule has 3 heterocycles. The molecule has 0 saturated carbocycles. The predicted octanol–water partition coefficient (Wildman–Crippen LogP) is 0.627. The van der Waals surface area contributed by atoms with Crippen LogP contribution < -0.4 is 0 Å². The number of ether oxygens (including phenoxy) is 2. The minimum Gasteiger partial charge on any atom is -0.448 e. The largest absolute Gasteiger partial charge is 0.448 e. The molecule has 0 spiro atoms. The highest BCUT2D eigenvalue weighted by Crippen LogP contribution is 2.48. The molecule has 3 saturated heterocycles. The van der Waals surface area contributed by atoms with Gasteiger partial charge in [-0.3, -0.25) is 14.5 Å². The molecule has 22 heavy (non-hydrogen) atoms. The lowest BCUT2D eigenvalue weighted by atomic mass is 9.81. The van der Waals surface area contributed by atoms with Gasteiger partial charge in [0.1, 0.15) is 6.61 Å². The molecule has 4 atom stereocenters. The van der Waals surface area contributed by atoms with Crippen LogP contribution in [0.4, 0.5) is 4.79 Å². The fourth-order valence-electron chi connectivity index (χ4n) is 3.79. The summed E-state index contributed by atoms with van der Waals surface area (Å²) in [6, 6.07) is 0. The van der Waals surface area contributed by atoms with Gasteiger partial charge in [-0.25, -0.2) is 4.79 Å².